The fraction of sp³-hybridized carbons (Fsp3) is 0.333. The maximum absolute atomic E-state index is 12.9. The third-order valence-corrected chi connectivity index (χ3v) is 6.33. The van der Waals surface area contributed by atoms with Crippen LogP contribution in [-0.2, 0) is 9.84 Å². The van der Waals surface area contributed by atoms with Gasteiger partial charge in [0.15, 0.2) is 9.84 Å². The van der Waals surface area contributed by atoms with Crippen molar-refractivity contribution in [2.24, 2.45) is 0 Å². The number of halogens is 1. The summed E-state index contributed by atoms with van der Waals surface area (Å²) in [7, 11) is -3.06. The zero-order chi connectivity index (χ0) is 18.7. The SMILES string of the molecule is CCN(C(=O)c1cc(Nc2cccc(Cl)c2)ccn1)C1CCS(=O)(=O)C1. The summed E-state index contributed by atoms with van der Waals surface area (Å²) in [5.41, 5.74) is 1.79. The Balaban J connectivity index is 1.79. The standard InChI is InChI=1S/C18H20ClN3O3S/c1-2-22(16-7-9-26(24,25)12-16)18(23)17-11-15(6-8-20-17)21-14-5-3-4-13(19)10-14/h3-6,8,10-11,16H,2,7,9,12H2,1H3,(H,20,21). The Kier molecular flexibility index (Phi) is 5.48. The monoisotopic (exact) mass is 393 g/mol. The molecule has 0 radical (unpaired) electrons. The minimum atomic E-state index is -3.06. The molecule has 3 rings (SSSR count). The third kappa shape index (κ3) is 4.34. The van der Waals surface area contributed by atoms with E-state index in [0.717, 1.165) is 5.69 Å². The molecule has 6 nitrogen and oxygen atoms in total. The molecule has 1 N–H and O–H groups in total. The van der Waals surface area contributed by atoms with Gasteiger partial charge >= 0.3 is 0 Å². The second-order valence-corrected chi connectivity index (χ2v) is 8.88. The van der Waals surface area contributed by atoms with Gasteiger partial charge in [0.05, 0.1) is 11.5 Å². The molecule has 8 heteroatoms. The highest BCUT2D eigenvalue weighted by Gasteiger charge is 2.34. The van der Waals surface area contributed by atoms with Gasteiger partial charge in [0, 0.05) is 35.2 Å². The highest BCUT2D eigenvalue weighted by Crippen LogP contribution is 2.22. The molecule has 1 atom stereocenters. The van der Waals surface area contributed by atoms with Crippen LogP contribution in [0.4, 0.5) is 11.4 Å². The number of rotatable bonds is 5. The third-order valence-electron chi connectivity index (χ3n) is 4.34. The van der Waals surface area contributed by atoms with E-state index in [9.17, 15) is 13.2 Å². The molecule has 1 aromatic carbocycles. The Labute approximate surface area is 158 Å². The summed E-state index contributed by atoms with van der Waals surface area (Å²) in [5, 5.41) is 3.80. The van der Waals surface area contributed by atoms with Crippen LogP contribution in [-0.4, -0.2) is 48.3 Å². The number of hydrogen-bond donors (Lipinski definition) is 1. The number of sulfone groups is 1. The highest BCUT2D eigenvalue weighted by atomic mass is 35.5. The van der Waals surface area contributed by atoms with Crippen LogP contribution in [0, 0.1) is 0 Å². The molecule has 0 spiro atoms. The number of nitrogens with one attached hydrogen (secondary N) is 1. The number of anilines is 2. The molecule has 2 aromatic rings. The lowest BCUT2D eigenvalue weighted by atomic mass is 10.2. The van der Waals surface area contributed by atoms with Crippen molar-refractivity contribution in [3.05, 3.63) is 53.3 Å². The Morgan fingerprint density at radius 1 is 1.31 bits per heavy atom. The van der Waals surface area contributed by atoms with E-state index >= 15 is 0 Å². The van der Waals surface area contributed by atoms with Gasteiger partial charge in [-0.15, -0.1) is 0 Å². The van der Waals surface area contributed by atoms with Crippen LogP contribution in [0.15, 0.2) is 42.6 Å². The smallest absolute Gasteiger partial charge is 0.272 e. The summed E-state index contributed by atoms with van der Waals surface area (Å²) in [6.07, 6.45) is 2.03. The van der Waals surface area contributed by atoms with Gasteiger partial charge in [0.2, 0.25) is 0 Å². The lowest BCUT2D eigenvalue weighted by Gasteiger charge is -2.26. The molecule has 0 aliphatic carbocycles. The van der Waals surface area contributed by atoms with Gasteiger partial charge in [-0.3, -0.25) is 9.78 Å². The zero-order valence-electron chi connectivity index (χ0n) is 14.4. The summed E-state index contributed by atoms with van der Waals surface area (Å²) in [4.78, 5) is 18.6. The minimum absolute atomic E-state index is 0.0209. The van der Waals surface area contributed by atoms with E-state index in [1.165, 1.54) is 0 Å². The van der Waals surface area contributed by atoms with E-state index in [2.05, 4.69) is 10.3 Å². The van der Waals surface area contributed by atoms with E-state index in [0.29, 0.717) is 23.7 Å². The quantitative estimate of drug-likeness (QED) is 0.844. The zero-order valence-corrected chi connectivity index (χ0v) is 15.9. The van der Waals surface area contributed by atoms with Crippen LogP contribution < -0.4 is 5.32 Å². The molecular weight excluding hydrogens is 374 g/mol. The number of hydrogen-bond acceptors (Lipinski definition) is 5. The van der Waals surface area contributed by atoms with Gasteiger partial charge in [-0.1, -0.05) is 17.7 Å². The molecule has 1 fully saturated rings. The van der Waals surface area contributed by atoms with Crippen molar-refractivity contribution in [1.29, 1.82) is 0 Å². The van der Waals surface area contributed by atoms with Crippen molar-refractivity contribution >= 4 is 38.7 Å². The molecule has 1 amide bonds. The normalized spacial score (nSPS) is 18.5. The van der Waals surface area contributed by atoms with E-state index in [-0.39, 0.29) is 29.1 Å². The molecule has 138 valence electrons. The van der Waals surface area contributed by atoms with E-state index in [1.807, 2.05) is 19.1 Å². The number of benzene rings is 1. The highest BCUT2D eigenvalue weighted by molar-refractivity contribution is 7.91. The first-order valence-corrected chi connectivity index (χ1v) is 10.6. The largest absolute Gasteiger partial charge is 0.355 e. The molecule has 26 heavy (non-hydrogen) atoms. The molecule has 0 saturated carbocycles. The van der Waals surface area contributed by atoms with Crippen molar-refractivity contribution in [1.82, 2.24) is 9.88 Å². The number of aromatic nitrogens is 1. The van der Waals surface area contributed by atoms with E-state index < -0.39 is 9.84 Å². The van der Waals surface area contributed by atoms with Crippen LogP contribution in [0.1, 0.15) is 23.8 Å². The lowest BCUT2D eigenvalue weighted by molar-refractivity contribution is 0.0702. The Hall–Kier alpha value is -2.12. The second kappa shape index (κ2) is 7.63. The molecule has 1 aromatic heterocycles. The van der Waals surface area contributed by atoms with E-state index in [4.69, 9.17) is 11.6 Å². The average molecular weight is 394 g/mol. The number of amides is 1. The Morgan fingerprint density at radius 2 is 2.08 bits per heavy atom. The fourth-order valence-corrected chi connectivity index (χ4v) is 5.02. The summed E-state index contributed by atoms with van der Waals surface area (Å²) >= 11 is 5.99. The molecular formula is C18H20ClN3O3S. The summed E-state index contributed by atoms with van der Waals surface area (Å²) in [6.45, 7) is 2.28. The van der Waals surface area contributed by atoms with Gasteiger partial charge in [0.1, 0.15) is 5.69 Å². The van der Waals surface area contributed by atoms with Crippen molar-refractivity contribution in [3.8, 4) is 0 Å². The molecule has 1 unspecified atom stereocenters. The second-order valence-electron chi connectivity index (χ2n) is 6.21. The van der Waals surface area contributed by atoms with Gasteiger partial charge < -0.3 is 10.2 Å². The number of nitrogens with zero attached hydrogens (tertiary/aromatic N) is 2. The molecule has 2 heterocycles. The molecule has 0 bridgehead atoms. The summed E-state index contributed by atoms with van der Waals surface area (Å²) in [5.74, 6) is -0.109. The first-order valence-electron chi connectivity index (χ1n) is 8.38. The van der Waals surface area contributed by atoms with Crippen molar-refractivity contribution in [3.63, 3.8) is 0 Å². The minimum Gasteiger partial charge on any atom is -0.355 e. The van der Waals surface area contributed by atoms with Crippen LogP contribution in [0.5, 0.6) is 0 Å². The summed E-state index contributed by atoms with van der Waals surface area (Å²) in [6, 6.07) is 10.4. The van der Waals surface area contributed by atoms with Crippen molar-refractivity contribution in [2.45, 2.75) is 19.4 Å². The first kappa shape index (κ1) is 18.7. The fourth-order valence-electron chi connectivity index (χ4n) is 3.09. The van der Waals surface area contributed by atoms with Gasteiger partial charge in [-0.05, 0) is 43.7 Å². The number of pyridine rings is 1. The van der Waals surface area contributed by atoms with Gasteiger partial charge in [-0.2, -0.15) is 0 Å². The predicted octanol–water partition coefficient (Wildman–Crippen LogP) is 3.13. The maximum Gasteiger partial charge on any atom is 0.272 e. The average Bonchev–Trinajstić information content (AvgIpc) is 2.95. The predicted molar refractivity (Wildman–Crippen MR) is 103 cm³/mol. The molecule has 1 aliphatic rings. The van der Waals surface area contributed by atoms with Crippen LogP contribution >= 0.6 is 11.6 Å². The Bertz CT molecular complexity index is 917. The van der Waals surface area contributed by atoms with Gasteiger partial charge in [0.25, 0.3) is 5.91 Å². The van der Waals surface area contributed by atoms with Crippen LogP contribution in [0.25, 0.3) is 0 Å². The number of carbonyl (C=O) groups excluding carboxylic acids is 1. The Morgan fingerprint density at radius 3 is 2.73 bits per heavy atom. The first-order chi connectivity index (χ1) is 12.4. The molecule has 1 saturated heterocycles. The van der Waals surface area contributed by atoms with Crippen molar-refractivity contribution < 1.29 is 13.2 Å². The van der Waals surface area contributed by atoms with Crippen molar-refractivity contribution in [2.75, 3.05) is 23.4 Å². The van der Waals surface area contributed by atoms with Crippen LogP contribution in [0.3, 0.4) is 0 Å². The summed E-state index contributed by atoms with van der Waals surface area (Å²) < 4.78 is 23.5. The van der Waals surface area contributed by atoms with Crippen LogP contribution in [0.2, 0.25) is 5.02 Å². The maximum atomic E-state index is 12.9. The van der Waals surface area contributed by atoms with E-state index in [1.54, 1.807) is 35.4 Å². The van der Waals surface area contributed by atoms with Gasteiger partial charge in [-0.25, -0.2) is 8.42 Å². The topological polar surface area (TPSA) is 79.4 Å². The molecule has 1 aliphatic heterocycles. The lowest BCUT2D eigenvalue weighted by Crippen LogP contribution is -2.41. The number of carbonyl (C=O) groups is 1.